The van der Waals surface area contributed by atoms with Crippen molar-refractivity contribution >= 4 is 0 Å². The molecule has 4 N–H and O–H groups in total. The zero-order chi connectivity index (χ0) is 7.82. The van der Waals surface area contributed by atoms with Gasteiger partial charge < -0.3 is 16.4 Å². The highest BCUT2D eigenvalue weighted by molar-refractivity contribution is 4.60. The van der Waals surface area contributed by atoms with Gasteiger partial charge in [0.2, 0.25) is 0 Å². The summed E-state index contributed by atoms with van der Waals surface area (Å²) in [6.45, 7) is 8.67. The SMILES string of the molecule is [CH2]CC(N)NCCNCC. The van der Waals surface area contributed by atoms with Crippen molar-refractivity contribution in [3.8, 4) is 0 Å². The second kappa shape index (κ2) is 6.99. The van der Waals surface area contributed by atoms with Gasteiger partial charge in [0.05, 0.1) is 6.17 Å². The monoisotopic (exact) mass is 144 g/mol. The number of rotatable bonds is 6. The first-order valence-electron chi connectivity index (χ1n) is 3.80. The molecule has 0 aliphatic heterocycles. The van der Waals surface area contributed by atoms with Crippen molar-refractivity contribution in [1.29, 1.82) is 0 Å². The van der Waals surface area contributed by atoms with E-state index < -0.39 is 0 Å². The van der Waals surface area contributed by atoms with Crippen LogP contribution in [0.2, 0.25) is 0 Å². The normalized spacial score (nSPS) is 13.5. The van der Waals surface area contributed by atoms with E-state index in [1.54, 1.807) is 0 Å². The maximum absolute atomic E-state index is 5.55. The minimum Gasteiger partial charge on any atom is -0.316 e. The number of likely N-dealkylation sites (N-methyl/N-ethyl adjacent to an activating group) is 1. The molecular formula is C7H18N3. The van der Waals surface area contributed by atoms with Gasteiger partial charge in [0.15, 0.2) is 0 Å². The molecule has 0 amide bonds. The Labute approximate surface area is 63.4 Å². The van der Waals surface area contributed by atoms with Gasteiger partial charge >= 0.3 is 0 Å². The fourth-order valence-corrected chi connectivity index (χ4v) is 0.625. The van der Waals surface area contributed by atoms with Crippen LogP contribution in [-0.4, -0.2) is 25.8 Å². The number of nitrogens with one attached hydrogen (secondary N) is 2. The molecule has 0 aromatic carbocycles. The first kappa shape index (κ1) is 9.88. The average Bonchev–Trinajstić information content (AvgIpc) is 1.98. The summed E-state index contributed by atoms with van der Waals surface area (Å²) in [6, 6.07) is 0. The second-order valence-corrected chi connectivity index (χ2v) is 2.20. The fourth-order valence-electron chi connectivity index (χ4n) is 0.625. The first-order valence-corrected chi connectivity index (χ1v) is 3.80. The Kier molecular flexibility index (Phi) is 6.91. The molecule has 0 rings (SSSR count). The van der Waals surface area contributed by atoms with Gasteiger partial charge in [-0.1, -0.05) is 13.8 Å². The Morgan fingerprint density at radius 2 is 2.20 bits per heavy atom. The number of nitrogens with two attached hydrogens (primary N) is 1. The lowest BCUT2D eigenvalue weighted by Gasteiger charge is -2.10. The van der Waals surface area contributed by atoms with E-state index in [2.05, 4.69) is 24.5 Å². The highest BCUT2D eigenvalue weighted by Gasteiger charge is 1.93. The first-order chi connectivity index (χ1) is 4.81. The van der Waals surface area contributed by atoms with Crippen LogP contribution >= 0.6 is 0 Å². The van der Waals surface area contributed by atoms with Crippen LogP contribution in [0.4, 0.5) is 0 Å². The van der Waals surface area contributed by atoms with Crippen LogP contribution in [0.25, 0.3) is 0 Å². The average molecular weight is 144 g/mol. The maximum Gasteiger partial charge on any atom is 0.0546 e. The van der Waals surface area contributed by atoms with Gasteiger partial charge in [-0.3, -0.25) is 0 Å². The molecule has 1 atom stereocenters. The Hall–Kier alpha value is -0.120. The van der Waals surface area contributed by atoms with E-state index in [0.29, 0.717) is 0 Å². The molecule has 0 aliphatic rings. The van der Waals surface area contributed by atoms with Crippen LogP contribution in [0.5, 0.6) is 0 Å². The molecule has 1 radical (unpaired) electrons. The van der Waals surface area contributed by atoms with Crippen molar-refractivity contribution < 1.29 is 0 Å². The molecule has 0 saturated carbocycles. The Bertz CT molecular complexity index is 65.9. The molecule has 61 valence electrons. The lowest BCUT2D eigenvalue weighted by Crippen LogP contribution is -2.40. The molecule has 1 unspecified atom stereocenters. The number of hydrogen-bond donors (Lipinski definition) is 3. The van der Waals surface area contributed by atoms with Gasteiger partial charge in [-0.05, 0) is 13.0 Å². The molecule has 0 aromatic rings. The van der Waals surface area contributed by atoms with Gasteiger partial charge in [0.25, 0.3) is 0 Å². The highest BCUT2D eigenvalue weighted by atomic mass is 15.0. The molecule has 0 spiro atoms. The van der Waals surface area contributed by atoms with Gasteiger partial charge in [-0.2, -0.15) is 0 Å². The molecule has 3 heteroatoms. The van der Waals surface area contributed by atoms with Crippen molar-refractivity contribution in [2.24, 2.45) is 5.73 Å². The fraction of sp³-hybridized carbons (Fsp3) is 0.857. The van der Waals surface area contributed by atoms with Gasteiger partial charge in [-0.15, -0.1) is 0 Å². The predicted octanol–water partition coefficient (Wildman–Crippen LogP) is -0.306. The van der Waals surface area contributed by atoms with E-state index in [9.17, 15) is 0 Å². The van der Waals surface area contributed by atoms with E-state index >= 15 is 0 Å². The smallest absolute Gasteiger partial charge is 0.0546 e. The van der Waals surface area contributed by atoms with Gasteiger partial charge in [-0.25, -0.2) is 0 Å². The Balaban J connectivity index is 2.89. The summed E-state index contributed by atoms with van der Waals surface area (Å²) in [4.78, 5) is 0. The molecule has 0 saturated heterocycles. The third-order valence-corrected chi connectivity index (χ3v) is 1.27. The van der Waals surface area contributed by atoms with Crippen molar-refractivity contribution in [1.82, 2.24) is 10.6 Å². The van der Waals surface area contributed by atoms with E-state index in [1.165, 1.54) is 0 Å². The van der Waals surface area contributed by atoms with E-state index in [-0.39, 0.29) is 6.17 Å². The zero-order valence-electron chi connectivity index (χ0n) is 6.69. The molecule has 0 aliphatic carbocycles. The molecule has 0 fully saturated rings. The van der Waals surface area contributed by atoms with Crippen LogP contribution in [0.15, 0.2) is 0 Å². The van der Waals surface area contributed by atoms with Crippen molar-refractivity contribution in [3.63, 3.8) is 0 Å². The molecule has 0 aromatic heterocycles. The van der Waals surface area contributed by atoms with E-state index in [0.717, 1.165) is 26.1 Å². The molecule has 3 nitrogen and oxygen atoms in total. The predicted molar refractivity (Wildman–Crippen MR) is 44.5 cm³/mol. The topological polar surface area (TPSA) is 50.1 Å². The summed E-state index contributed by atoms with van der Waals surface area (Å²) in [6.07, 6.45) is 0.796. The summed E-state index contributed by atoms with van der Waals surface area (Å²) < 4.78 is 0. The Morgan fingerprint density at radius 1 is 1.50 bits per heavy atom. The largest absolute Gasteiger partial charge is 0.316 e. The highest BCUT2D eigenvalue weighted by Crippen LogP contribution is 1.76. The van der Waals surface area contributed by atoms with Gasteiger partial charge in [0, 0.05) is 13.1 Å². The van der Waals surface area contributed by atoms with Crippen LogP contribution in [0, 0.1) is 6.92 Å². The van der Waals surface area contributed by atoms with Crippen LogP contribution in [0.3, 0.4) is 0 Å². The number of hydrogen-bond acceptors (Lipinski definition) is 3. The van der Waals surface area contributed by atoms with Crippen LogP contribution in [0.1, 0.15) is 13.3 Å². The third-order valence-electron chi connectivity index (χ3n) is 1.27. The standard InChI is InChI=1S/C7H18N3/c1-3-7(8)10-6-5-9-4-2/h7,9-10H,1,3-6,8H2,2H3. The molecule has 10 heavy (non-hydrogen) atoms. The molecule has 0 bridgehead atoms. The van der Waals surface area contributed by atoms with Crippen molar-refractivity contribution in [2.75, 3.05) is 19.6 Å². The summed E-state index contributed by atoms with van der Waals surface area (Å²) >= 11 is 0. The summed E-state index contributed by atoms with van der Waals surface area (Å²) in [7, 11) is 0. The third kappa shape index (κ3) is 6.01. The summed E-state index contributed by atoms with van der Waals surface area (Å²) in [5.74, 6) is 0. The van der Waals surface area contributed by atoms with Crippen LogP contribution < -0.4 is 16.4 Å². The van der Waals surface area contributed by atoms with Crippen molar-refractivity contribution in [2.45, 2.75) is 19.5 Å². The zero-order valence-corrected chi connectivity index (χ0v) is 6.69. The quantitative estimate of drug-likeness (QED) is 0.354. The van der Waals surface area contributed by atoms with E-state index in [4.69, 9.17) is 5.73 Å². The minimum atomic E-state index is 0.0543. The minimum absolute atomic E-state index is 0.0543. The van der Waals surface area contributed by atoms with Crippen LogP contribution in [-0.2, 0) is 0 Å². The summed E-state index contributed by atoms with van der Waals surface area (Å²) in [5, 5.41) is 6.31. The second-order valence-electron chi connectivity index (χ2n) is 2.20. The molecular weight excluding hydrogens is 126 g/mol. The summed E-state index contributed by atoms with van der Waals surface area (Å²) in [5.41, 5.74) is 5.55. The van der Waals surface area contributed by atoms with E-state index in [1.807, 2.05) is 0 Å². The van der Waals surface area contributed by atoms with Gasteiger partial charge in [0.1, 0.15) is 0 Å². The Morgan fingerprint density at radius 3 is 2.70 bits per heavy atom. The molecule has 0 heterocycles. The maximum atomic E-state index is 5.55. The van der Waals surface area contributed by atoms with Crippen molar-refractivity contribution in [3.05, 3.63) is 6.92 Å². The lowest BCUT2D eigenvalue weighted by atomic mass is 10.4. The lowest BCUT2D eigenvalue weighted by molar-refractivity contribution is 0.518.